The third kappa shape index (κ3) is 5.58. The number of carbonyl (C=O) groups excluding carboxylic acids is 2. The predicted molar refractivity (Wildman–Crippen MR) is 108 cm³/mol. The standard InChI is InChI=1S/C22H28N2O3/c1-6-16(4)23-22(26)19-9-7-8-10-20(19)24-21(25)17(5)27-18-12-11-14(2)15(3)13-18/h7-13,16-17H,6H2,1-5H3,(H,23,26)(H,24,25)/t16-,17+/m1/s1. The number of rotatable bonds is 7. The summed E-state index contributed by atoms with van der Waals surface area (Å²) >= 11 is 0. The maximum atomic E-state index is 12.6. The normalized spacial score (nSPS) is 12.8. The summed E-state index contributed by atoms with van der Waals surface area (Å²) in [6.45, 7) is 9.66. The summed E-state index contributed by atoms with van der Waals surface area (Å²) in [6.07, 6.45) is 0.138. The highest BCUT2D eigenvalue weighted by Gasteiger charge is 2.19. The number of anilines is 1. The SMILES string of the molecule is CC[C@@H](C)NC(=O)c1ccccc1NC(=O)[C@H](C)Oc1ccc(C)c(C)c1. The number of amides is 2. The van der Waals surface area contributed by atoms with Gasteiger partial charge in [-0.1, -0.05) is 25.1 Å². The summed E-state index contributed by atoms with van der Waals surface area (Å²) in [6, 6.07) is 12.7. The van der Waals surface area contributed by atoms with Gasteiger partial charge in [-0.15, -0.1) is 0 Å². The predicted octanol–water partition coefficient (Wildman–Crippen LogP) is 4.24. The largest absolute Gasteiger partial charge is 0.481 e. The molecule has 2 rings (SSSR count). The Kier molecular flexibility index (Phi) is 6.99. The third-order valence-electron chi connectivity index (χ3n) is 4.58. The van der Waals surface area contributed by atoms with E-state index < -0.39 is 6.10 Å². The zero-order chi connectivity index (χ0) is 20.0. The van der Waals surface area contributed by atoms with Crippen molar-refractivity contribution in [3.63, 3.8) is 0 Å². The van der Waals surface area contributed by atoms with Crippen molar-refractivity contribution in [1.29, 1.82) is 0 Å². The molecule has 0 spiro atoms. The van der Waals surface area contributed by atoms with E-state index in [-0.39, 0.29) is 17.9 Å². The van der Waals surface area contributed by atoms with Crippen LogP contribution >= 0.6 is 0 Å². The van der Waals surface area contributed by atoms with Gasteiger partial charge in [-0.25, -0.2) is 0 Å². The number of hydrogen-bond donors (Lipinski definition) is 2. The van der Waals surface area contributed by atoms with E-state index in [0.29, 0.717) is 17.0 Å². The number of aryl methyl sites for hydroxylation is 2. The summed E-state index contributed by atoms with van der Waals surface area (Å²) < 4.78 is 5.75. The van der Waals surface area contributed by atoms with Crippen LogP contribution in [0.1, 0.15) is 48.7 Å². The molecule has 2 atom stereocenters. The highest BCUT2D eigenvalue weighted by Crippen LogP contribution is 2.19. The molecule has 0 aromatic heterocycles. The number of para-hydroxylation sites is 1. The van der Waals surface area contributed by atoms with Gasteiger partial charge in [-0.2, -0.15) is 0 Å². The first-order chi connectivity index (χ1) is 12.8. The minimum Gasteiger partial charge on any atom is -0.481 e. The van der Waals surface area contributed by atoms with Crippen LogP contribution in [-0.4, -0.2) is 24.0 Å². The minimum atomic E-state index is -0.696. The molecule has 0 unspecified atom stereocenters. The van der Waals surface area contributed by atoms with Crippen LogP contribution in [0.4, 0.5) is 5.69 Å². The van der Waals surface area contributed by atoms with Crippen LogP contribution in [0.5, 0.6) is 5.75 Å². The van der Waals surface area contributed by atoms with Crippen molar-refractivity contribution in [2.45, 2.75) is 53.2 Å². The second-order valence-corrected chi connectivity index (χ2v) is 6.82. The maximum absolute atomic E-state index is 12.6. The lowest BCUT2D eigenvalue weighted by Gasteiger charge is -2.18. The Hall–Kier alpha value is -2.82. The van der Waals surface area contributed by atoms with Gasteiger partial charge in [-0.05, 0) is 69.5 Å². The van der Waals surface area contributed by atoms with Gasteiger partial charge in [0.2, 0.25) is 0 Å². The van der Waals surface area contributed by atoms with Crippen molar-refractivity contribution in [2.24, 2.45) is 0 Å². The van der Waals surface area contributed by atoms with Crippen LogP contribution in [0.15, 0.2) is 42.5 Å². The Morgan fingerprint density at radius 2 is 1.74 bits per heavy atom. The highest BCUT2D eigenvalue weighted by atomic mass is 16.5. The van der Waals surface area contributed by atoms with E-state index in [1.165, 1.54) is 5.56 Å². The number of carbonyl (C=O) groups is 2. The molecule has 5 nitrogen and oxygen atoms in total. The molecule has 0 aliphatic heterocycles. The molecule has 5 heteroatoms. The average molecular weight is 368 g/mol. The van der Waals surface area contributed by atoms with Crippen molar-refractivity contribution in [1.82, 2.24) is 5.32 Å². The van der Waals surface area contributed by atoms with Crippen molar-refractivity contribution in [2.75, 3.05) is 5.32 Å². The zero-order valence-electron chi connectivity index (χ0n) is 16.6. The molecular formula is C22H28N2O3. The van der Waals surface area contributed by atoms with Crippen LogP contribution in [0.2, 0.25) is 0 Å². The number of hydrogen-bond acceptors (Lipinski definition) is 3. The van der Waals surface area contributed by atoms with Crippen LogP contribution in [0.25, 0.3) is 0 Å². The number of ether oxygens (including phenoxy) is 1. The zero-order valence-corrected chi connectivity index (χ0v) is 16.6. The molecule has 0 aliphatic rings. The lowest BCUT2D eigenvalue weighted by Crippen LogP contribution is -2.34. The van der Waals surface area contributed by atoms with Crippen LogP contribution in [0, 0.1) is 13.8 Å². The molecule has 2 aromatic rings. The molecule has 0 fully saturated rings. The fraction of sp³-hybridized carbons (Fsp3) is 0.364. The fourth-order valence-electron chi connectivity index (χ4n) is 2.47. The monoisotopic (exact) mass is 368 g/mol. The minimum absolute atomic E-state index is 0.0632. The Bertz CT molecular complexity index is 817. The molecule has 2 N–H and O–H groups in total. The molecule has 0 bridgehead atoms. The fourth-order valence-corrected chi connectivity index (χ4v) is 2.47. The van der Waals surface area contributed by atoms with Gasteiger partial charge in [0.15, 0.2) is 6.10 Å². The molecule has 0 saturated carbocycles. The highest BCUT2D eigenvalue weighted by molar-refractivity contribution is 6.04. The number of nitrogens with one attached hydrogen (secondary N) is 2. The van der Waals surface area contributed by atoms with Crippen LogP contribution < -0.4 is 15.4 Å². The first-order valence-electron chi connectivity index (χ1n) is 9.26. The summed E-state index contributed by atoms with van der Waals surface area (Å²) in [5.41, 5.74) is 3.18. The first kappa shape index (κ1) is 20.5. The van der Waals surface area contributed by atoms with Gasteiger partial charge >= 0.3 is 0 Å². The Balaban J connectivity index is 2.08. The van der Waals surface area contributed by atoms with Gasteiger partial charge < -0.3 is 15.4 Å². The Morgan fingerprint density at radius 1 is 1.04 bits per heavy atom. The second kappa shape index (κ2) is 9.21. The topological polar surface area (TPSA) is 67.4 Å². The molecular weight excluding hydrogens is 340 g/mol. The van der Waals surface area contributed by atoms with E-state index in [2.05, 4.69) is 10.6 Å². The molecule has 0 heterocycles. The summed E-state index contributed by atoms with van der Waals surface area (Å²) in [5.74, 6) is 0.128. The van der Waals surface area contributed by atoms with Gasteiger partial charge in [-0.3, -0.25) is 9.59 Å². The molecule has 2 amide bonds. The molecule has 0 saturated heterocycles. The smallest absolute Gasteiger partial charge is 0.265 e. The number of benzene rings is 2. The summed E-state index contributed by atoms with van der Waals surface area (Å²) in [5, 5.41) is 5.72. The molecule has 2 aromatic carbocycles. The van der Waals surface area contributed by atoms with Crippen molar-refractivity contribution in [3.05, 3.63) is 59.2 Å². The lowest BCUT2D eigenvalue weighted by molar-refractivity contribution is -0.122. The third-order valence-corrected chi connectivity index (χ3v) is 4.58. The second-order valence-electron chi connectivity index (χ2n) is 6.82. The summed E-state index contributed by atoms with van der Waals surface area (Å²) in [7, 11) is 0. The van der Waals surface area contributed by atoms with Gasteiger partial charge in [0, 0.05) is 6.04 Å². The average Bonchev–Trinajstić information content (AvgIpc) is 2.64. The maximum Gasteiger partial charge on any atom is 0.265 e. The Morgan fingerprint density at radius 3 is 2.41 bits per heavy atom. The summed E-state index contributed by atoms with van der Waals surface area (Å²) in [4.78, 5) is 25.0. The molecule has 27 heavy (non-hydrogen) atoms. The van der Waals surface area contributed by atoms with Crippen LogP contribution in [0.3, 0.4) is 0 Å². The van der Waals surface area contributed by atoms with Gasteiger partial charge in [0.05, 0.1) is 11.3 Å². The van der Waals surface area contributed by atoms with E-state index in [1.54, 1.807) is 31.2 Å². The van der Waals surface area contributed by atoms with E-state index >= 15 is 0 Å². The van der Waals surface area contributed by atoms with Gasteiger partial charge in [0.1, 0.15) is 5.75 Å². The van der Waals surface area contributed by atoms with E-state index in [9.17, 15) is 9.59 Å². The van der Waals surface area contributed by atoms with Crippen LogP contribution in [-0.2, 0) is 4.79 Å². The quantitative estimate of drug-likeness (QED) is 0.768. The molecule has 0 aliphatic carbocycles. The Labute approximate surface area is 161 Å². The van der Waals surface area contributed by atoms with Gasteiger partial charge in [0.25, 0.3) is 11.8 Å². The van der Waals surface area contributed by atoms with E-state index in [4.69, 9.17) is 4.74 Å². The molecule has 0 radical (unpaired) electrons. The van der Waals surface area contributed by atoms with E-state index in [0.717, 1.165) is 12.0 Å². The van der Waals surface area contributed by atoms with Crippen molar-refractivity contribution >= 4 is 17.5 Å². The first-order valence-corrected chi connectivity index (χ1v) is 9.26. The van der Waals surface area contributed by atoms with Crippen molar-refractivity contribution in [3.8, 4) is 5.75 Å². The molecule has 144 valence electrons. The van der Waals surface area contributed by atoms with Crippen molar-refractivity contribution < 1.29 is 14.3 Å². The lowest BCUT2D eigenvalue weighted by atomic mass is 10.1. The van der Waals surface area contributed by atoms with E-state index in [1.807, 2.05) is 45.9 Å².